The van der Waals surface area contributed by atoms with Crippen LogP contribution in [-0.2, 0) is 37.3 Å². The normalized spacial score (nSPS) is 13.7. The first-order chi connectivity index (χ1) is 23.5. The summed E-state index contributed by atoms with van der Waals surface area (Å²) in [5, 5.41) is 2.27. The molecule has 0 spiro atoms. The molecule has 2 aromatic heterocycles. The molecular formula is C45H47N4OPt-3. The van der Waals surface area contributed by atoms with E-state index in [-0.39, 0.29) is 37.3 Å². The summed E-state index contributed by atoms with van der Waals surface area (Å²) in [4.78, 5) is 9.07. The molecule has 0 atom stereocenters. The fraction of sp³-hybridized carbons (Fsp3) is 0.289. The molecule has 0 amide bonds. The Hall–Kier alpha value is -4.34. The Morgan fingerprint density at radius 3 is 1.94 bits per heavy atom. The van der Waals surface area contributed by atoms with E-state index >= 15 is 0 Å². The summed E-state index contributed by atoms with van der Waals surface area (Å²) in [6.45, 7) is 24.5. The van der Waals surface area contributed by atoms with Gasteiger partial charge in [-0.2, -0.15) is 12.1 Å². The van der Waals surface area contributed by atoms with Crippen LogP contribution < -0.4 is 14.5 Å². The molecule has 0 fully saturated rings. The monoisotopic (exact) mass is 854 g/mol. The van der Waals surface area contributed by atoms with Gasteiger partial charge in [0.2, 0.25) is 0 Å². The van der Waals surface area contributed by atoms with Gasteiger partial charge in [-0.1, -0.05) is 92.1 Å². The van der Waals surface area contributed by atoms with Crippen molar-refractivity contribution in [2.75, 3.05) is 9.80 Å². The molecule has 1 aliphatic heterocycles. The summed E-state index contributed by atoms with van der Waals surface area (Å²) in [5.41, 5.74) is 9.19. The van der Waals surface area contributed by atoms with Crippen molar-refractivity contribution in [3.63, 3.8) is 0 Å². The van der Waals surface area contributed by atoms with Gasteiger partial charge >= 0.3 is 0 Å². The van der Waals surface area contributed by atoms with E-state index in [4.69, 9.17) is 9.72 Å². The van der Waals surface area contributed by atoms with Crippen LogP contribution in [0.3, 0.4) is 0 Å². The van der Waals surface area contributed by atoms with Gasteiger partial charge < -0.3 is 19.1 Å². The average Bonchev–Trinajstić information content (AvgIpc) is 3.67. The molecular weight excluding hydrogens is 808 g/mol. The van der Waals surface area contributed by atoms with Crippen LogP contribution in [0, 0.1) is 25.7 Å². The van der Waals surface area contributed by atoms with Crippen LogP contribution in [0.25, 0.3) is 27.6 Å². The Bertz CT molecular complexity index is 2210. The van der Waals surface area contributed by atoms with Gasteiger partial charge in [-0.05, 0) is 87.5 Å². The van der Waals surface area contributed by atoms with Crippen molar-refractivity contribution >= 4 is 33.2 Å². The first-order valence-corrected chi connectivity index (χ1v) is 17.4. The van der Waals surface area contributed by atoms with Crippen LogP contribution in [0.5, 0.6) is 11.5 Å². The van der Waals surface area contributed by atoms with Gasteiger partial charge in [0.1, 0.15) is 5.82 Å². The third-order valence-electron chi connectivity index (χ3n) is 9.48. The van der Waals surface area contributed by atoms with Crippen LogP contribution >= 0.6 is 0 Å². The maximum absolute atomic E-state index is 6.47. The topological polar surface area (TPSA) is 33.5 Å². The molecule has 0 saturated carbocycles. The third kappa shape index (κ3) is 7.37. The number of hydrogen-bond acceptors (Lipinski definition) is 4. The second-order valence-corrected chi connectivity index (χ2v) is 16.6. The van der Waals surface area contributed by atoms with Gasteiger partial charge in [0, 0.05) is 50.0 Å². The number of rotatable bonds is 5. The quantitative estimate of drug-likeness (QED) is 0.162. The number of aryl methyl sites for hydroxylation is 1. The van der Waals surface area contributed by atoms with Crippen LogP contribution in [0.15, 0.2) is 97.5 Å². The Balaban J connectivity index is 0.00000448. The minimum absolute atomic E-state index is 0. The summed E-state index contributed by atoms with van der Waals surface area (Å²) in [6, 6.07) is 35.0. The zero-order valence-electron chi connectivity index (χ0n) is 31.3. The van der Waals surface area contributed by atoms with Crippen molar-refractivity contribution in [1.82, 2.24) is 9.55 Å². The predicted molar refractivity (Wildman–Crippen MR) is 208 cm³/mol. The Labute approximate surface area is 318 Å². The fourth-order valence-corrected chi connectivity index (χ4v) is 6.32. The van der Waals surface area contributed by atoms with Gasteiger partial charge in [0.15, 0.2) is 0 Å². The van der Waals surface area contributed by atoms with Crippen molar-refractivity contribution in [2.45, 2.75) is 85.5 Å². The third-order valence-corrected chi connectivity index (χ3v) is 9.48. The van der Waals surface area contributed by atoms with E-state index in [1.54, 1.807) is 0 Å². The summed E-state index contributed by atoms with van der Waals surface area (Å²) in [6.07, 6.45) is 6.07. The molecule has 6 aromatic rings. The number of fused-ring (bicyclic) bond motifs is 3. The van der Waals surface area contributed by atoms with E-state index < -0.39 is 0 Å². The van der Waals surface area contributed by atoms with Gasteiger partial charge in [-0.25, -0.2) is 4.98 Å². The van der Waals surface area contributed by atoms with E-state index in [0.717, 1.165) is 44.6 Å². The maximum Gasteiger partial charge on any atom is 0.135 e. The van der Waals surface area contributed by atoms with Crippen molar-refractivity contribution in [2.24, 2.45) is 0 Å². The predicted octanol–water partition coefficient (Wildman–Crippen LogP) is 11.7. The molecule has 7 rings (SSSR count). The number of anilines is 2. The first-order valence-electron chi connectivity index (χ1n) is 17.4. The molecule has 0 bridgehead atoms. The van der Waals surface area contributed by atoms with Crippen LogP contribution in [0.4, 0.5) is 11.4 Å². The summed E-state index contributed by atoms with van der Waals surface area (Å²) in [5.74, 6) is 2.09. The molecule has 3 heterocycles. The number of nitrogens with zero attached hydrogens (tertiary/aromatic N) is 4. The minimum Gasteiger partial charge on any atom is -0.509 e. The Morgan fingerprint density at radius 2 is 1.29 bits per heavy atom. The first kappa shape index (κ1) is 36.4. The number of hydrogen-bond donors (Lipinski definition) is 0. The second-order valence-electron chi connectivity index (χ2n) is 16.6. The SMILES string of the molecule is Cc1ccc(-n2c3[c-]c(Oc4[c-]c(N5C=CN(c6cc(C(C)(C)C)cc(C(C)(C)C)c6)[CH-]5)ccc4)ccc3c3ccc(C(C)(C)C)cc32)nc1.[Pt]. The Kier molecular flexibility index (Phi) is 9.53. The number of pyridine rings is 1. The van der Waals surface area contributed by atoms with Gasteiger partial charge in [-0.3, -0.25) is 0 Å². The molecule has 51 heavy (non-hydrogen) atoms. The Morgan fingerprint density at radius 1 is 0.647 bits per heavy atom. The zero-order valence-corrected chi connectivity index (χ0v) is 33.6. The number of ether oxygens (including phenoxy) is 1. The molecule has 0 saturated heterocycles. The molecule has 266 valence electrons. The van der Waals surface area contributed by atoms with Crippen molar-refractivity contribution in [3.05, 3.63) is 139 Å². The van der Waals surface area contributed by atoms with E-state index in [9.17, 15) is 0 Å². The van der Waals surface area contributed by atoms with Gasteiger partial charge in [-0.15, -0.1) is 48.1 Å². The van der Waals surface area contributed by atoms with Crippen LogP contribution in [-0.4, -0.2) is 9.55 Å². The average molecular weight is 855 g/mol. The zero-order chi connectivity index (χ0) is 35.6. The van der Waals surface area contributed by atoms with E-state index in [1.807, 2.05) is 30.5 Å². The molecule has 0 aliphatic carbocycles. The van der Waals surface area contributed by atoms with E-state index in [0.29, 0.717) is 11.5 Å². The minimum atomic E-state index is 0. The summed E-state index contributed by atoms with van der Waals surface area (Å²) < 4.78 is 8.66. The smallest absolute Gasteiger partial charge is 0.135 e. The van der Waals surface area contributed by atoms with Crippen molar-refractivity contribution < 1.29 is 25.8 Å². The molecule has 0 radical (unpaired) electrons. The molecule has 5 nitrogen and oxygen atoms in total. The molecule has 0 N–H and O–H groups in total. The number of aromatic nitrogens is 2. The van der Waals surface area contributed by atoms with Crippen molar-refractivity contribution in [1.29, 1.82) is 0 Å². The van der Waals surface area contributed by atoms with E-state index in [1.165, 1.54) is 16.7 Å². The standard InChI is InChI=1S/C45H47N4O.Pt/c1-30-14-19-42(46-28-30)49-40-25-31(43(2,3)4)15-17-38(40)39-18-16-37(27-41(39)49)50-36-13-11-12-34(26-36)47-20-21-48(29-47)35-23-32(44(5,6)7)22-33(24-35)45(8,9)10;/h11-25,28-29H,1-10H3;/q-3;. The van der Waals surface area contributed by atoms with Crippen LogP contribution in [0.2, 0.25) is 0 Å². The molecule has 6 heteroatoms. The summed E-state index contributed by atoms with van der Waals surface area (Å²) in [7, 11) is 0. The second kappa shape index (κ2) is 13.3. The molecule has 1 aliphatic rings. The van der Waals surface area contributed by atoms with Gasteiger partial charge in [0.25, 0.3) is 0 Å². The fourth-order valence-electron chi connectivity index (χ4n) is 6.32. The van der Waals surface area contributed by atoms with E-state index in [2.05, 4.69) is 169 Å². The largest absolute Gasteiger partial charge is 0.509 e. The number of benzene rings is 4. The molecule has 4 aromatic carbocycles. The molecule has 0 unspecified atom stereocenters. The maximum atomic E-state index is 6.47. The van der Waals surface area contributed by atoms with Crippen LogP contribution in [0.1, 0.15) is 84.6 Å². The van der Waals surface area contributed by atoms with Gasteiger partial charge in [0.05, 0.1) is 0 Å². The van der Waals surface area contributed by atoms with Crippen molar-refractivity contribution in [3.8, 4) is 17.3 Å². The summed E-state index contributed by atoms with van der Waals surface area (Å²) >= 11 is 0.